The fourth-order valence-corrected chi connectivity index (χ4v) is 4.41. The fraction of sp³-hybridized carbons (Fsp3) is 0.250. The van der Waals surface area contributed by atoms with Gasteiger partial charge in [-0.3, -0.25) is 4.57 Å². The maximum atomic E-state index is 13.8. The average molecular weight is 437 g/mol. The largest absolute Gasteiger partial charge is 0.399 e. The van der Waals surface area contributed by atoms with E-state index >= 15 is 0 Å². The standard InChI is InChI=1S/C16H16BrF2O3PS/c1-11-3-2-4-12(7-11)9-24-10-13-5-6-14(15(17)8-13)16(18,19)23(20,21)22/h2-8H,9-10H2,1H3,(H2,20,21,22). The number of halogens is 3. The van der Waals surface area contributed by atoms with E-state index in [1.807, 2.05) is 25.1 Å². The molecule has 0 atom stereocenters. The molecule has 130 valence electrons. The van der Waals surface area contributed by atoms with Crippen LogP contribution in [0, 0.1) is 6.92 Å². The molecule has 0 aliphatic carbocycles. The number of aryl methyl sites for hydroxylation is 1. The first-order valence-corrected chi connectivity index (χ1v) is 10.5. The maximum Gasteiger partial charge on any atom is 0.399 e. The van der Waals surface area contributed by atoms with Crippen LogP contribution in [0.1, 0.15) is 22.3 Å². The molecule has 2 rings (SSSR count). The third-order valence-corrected chi connectivity index (χ3v) is 6.05. The van der Waals surface area contributed by atoms with Gasteiger partial charge in [0.1, 0.15) is 0 Å². The monoisotopic (exact) mass is 436 g/mol. The van der Waals surface area contributed by atoms with Gasteiger partial charge in [-0.2, -0.15) is 20.5 Å². The number of hydrogen-bond acceptors (Lipinski definition) is 2. The Hall–Kier alpha value is -0.720. The van der Waals surface area contributed by atoms with Crippen molar-refractivity contribution in [3.8, 4) is 0 Å². The number of alkyl halides is 2. The van der Waals surface area contributed by atoms with Crippen molar-refractivity contribution >= 4 is 35.3 Å². The van der Waals surface area contributed by atoms with E-state index in [1.165, 1.54) is 23.3 Å². The summed E-state index contributed by atoms with van der Waals surface area (Å²) in [6.45, 7) is 2.02. The molecule has 2 aromatic rings. The van der Waals surface area contributed by atoms with Gasteiger partial charge in [0, 0.05) is 21.5 Å². The first kappa shape index (κ1) is 19.6. The fourth-order valence-electron chi connectivity index (χ4n) is 2.14. The molecule has 0 heterocycles. The quantitative estimate of drug-likeness (QED) is 0.593. The van der Waals surface area contributed by atoms with Crippen LogP contribution in [0.15, 0.2) is 46.9 Å². The highest BCUT2D eigenvalue weighted by molar-refractivity contribution is 9.10. The van der Waals surface area contributed by atoms with Gasteiger partial charge < -0.3 is 9.79 Å². The van der Waals surface area contributed by atoms with E-state index in [-0.39, 0.29) is 4.47 Å². The van der Waals surface area contributed by atoms with Crippen molar-refractivity contribution in [3.05, 3.63) is 69.2 Å². The molecule has 0 aliphatic heterocycles. The van der Waals surface area contributed by atoms with Crippen molar-refractivity contribution in [2.45, 2.75) is 24.1 Å². The van der Waals surface area contributed by atoms with Gasteiger partial charge in [-0.1, -0.05) is 57.9 Å². The Kier molecular flexibility index (Phi) is 6.26. The molecule has 0 aliphatic rings. The second-order valence-electron chi connectivity index (χ2n) is 5.38. The summed E-state index contributed by atoms with van der Waals surface area (Å²) in [5.74, 6) is 1.40. The molecule has 0 radical (unpaired) electrons. The zero-order chi connectivity index (χ0) is 18.0. The van der Waals surface area contributed by atoms with E-state index in [0.717, 1.165) is 17.4 Å². The molecule has 0 unspecified atom stereocenters. The van der Waals surface area contributed by atoms with Crippen LogP contribution >= 0.6 is 35.3 Å². The van der Waals surface area contributed by atoms with Crippen molar-refractivity contribution in [2.75, 3.05) is 0 Å². The second-order valence-corrected chi connectivity index (χ2v) is 8.87. The predicted molar refractivity (Wildman–Crippen MR) is 96.3 cm³/mol. The lowest BCUT2D eigenvalue weighted by Crippen LogP contribution is -2.14. The number of benzene rings is 2. The van der Waals surface area contributed by atoms with Crippen LogP contribution in [0.4, 0.5) is 8.78 Å². The van der Waals surface area contributed by atoms with Crippen LogP contribution in [0.3, 0.4) is 0 Å². The first-order chi connectivity index (χ1) is 11.1. The molecule has 8 heteroatoms. The van der Waals surface area contributed by atoms with E-state index in [0.29, 0.717) is 5.75 Å². The Labute approximate surface area is 151 Å². The van der Waals surface area contributed by atoms with Crippen molar-refractivity contribution in [2.24, 2.45) is 0 Å². The van der Waals surface area contributed by atoms with Gasteiger partial charge in [0.15, 0.2) is 0 Å². The lowest BCUT2D eigenvalue weighted by atomic mass is 10.1. The van der Waals surface area contributed by atoms with Crippen molar-refractivity contribution in [3.63, 3.8) is 0 Å². The highest BCUT2D eigenvalue weighted by atomic mass is 79.9. The summed E-state index contributed by atoms with van der Waals surface area (Å²) in [7, 11) is -5.57. The van der Waals surface area contributed by atoms with Gasteiger partial charge in [-0.25, -0.2) is 0 Å². The van der Waals surface area contributed by atoms with Crippen LogP contribution in [0.5, 0.6) is 0 Å². The third-order valence-electron chi connectivity index (χ3n) is 3.34. The summed E-state index contributed by atoms with van der Waals surface area (Å²) in [4.78, 5) is 17.6. The van der Waals surface area contributed by atoms with Gasteiger partial charge >= 0.3 is 13.3 Å². The van der Waals surface area contributed by atoms with Crippen molar-refractivity contribution < 1.29 is 23.1 Å². The minimum atomic E-state index is -5.57. The Morgan fingerprint density at radius 2 is 1.75 bits per heavy atom. The van der Waals surface area contributed by atoms with E-state index in [4.69, 9.17) is 9.79 Å². The molecule has 0 saturated heterocycles. The van der Waals surface area contributed by atoms with Gasteiger partial charge in [-0.15, -0.1) is 0 Å². The second kappa shape index (κ2) is 7.67. The molecule has 0 bridgehead atoms. The lowest BCUT2D eigenvalue weighted by molar-refractivity contribution is 0.0557. The van der Waals surface area contributed by atoms with E-state index in [9.17, 15) is 13.3 Å². The average Bonchev–Trinajstić information content (AvgIpc) is 2.46. The number of rotatable bonds is 6. The Morgan fingerprint density at radius 3 is 2.29 bits per heavy atom. The first-order valence-electron chi connectivity index (χ1n) is 6.97. The molecule has 2 N–H and O–H groups in total. The highest BCUT2D eigenvalue weighted by Crippen LogP contribution is 2.60. The minimum Gasteiger partial charge on any atom is -0.320 e. The van der Waals surface area contributed by atoms with Crippen molar-refractivity contribution in [1.82, 2.24) is 0 Å². The van der Waals surface area contributed by atoms with Crippen LogP contribution in [0.25, 0.3) is 0 Å². The Bertz CT molecular complexity index is 780. The van der Waals surface area contributed by atoms with Crippen molar-refractivity contribution in [1.29, 1.82) is 0 Å². The molecule has 3 nitrogen and oxygen atoms in total. The SMILES string of the molecule is Cc1cccc(CSCc2ccc(C(F)(F)P(=O)(O)O)c(Br)c2)c1. The van der Waals surface area contributed by atoms with Crippen LogP contribution in [-0.4, -0.2) is 9.79 Å². The maximum absolute atomic E-state index is 13.8. The summed E-state index contributed by atoms with van der Waals surface area (Å²) >= 11 is 4.62. The zero-order valence-corrected chi connectivity index (χ0v) is 16.0. The zero-order valence-electron chi connectivity index (χ0n) is 12.7. The molecule has 0 spiro atoms. The van der Waals surface area contributed by atoms with Crippen LogP contribution in [0.2, 0.25) is 0 Å². The Balaban J connectivity index is 2.06. The topological polar surface area (TPSA) is 57.5 Å². The van der Waals surface area contributed by atoms with Crippen LogP contribution in [-0.2, 0) is 21.7 Å². The molecule has 0 aromatic heterocycles. The molecular formula is C16H16BrF2O3PS. The lowest BCUT2D eigenvalue weighted by Gasteiger charge is -2.19. The van der Waals surface area contributed by atoms with Gasteiger partial charge in [0.05, 0.1) is 0 Å². The molecule has 0 saturated carbocycles. The molecule has 2 aromatic carbocycles. The van der Waals surface area contributed by atoms with E-state index in [2.05, 4.69) is 22.0 Å². The number of hydrogen-bond donors (Lipinski definition) is 2. The van der Waals surface area contributed by atoms with E-state index < -0.39 is 18.8 Å². The number of thioether (sulfide) groups is 1. The predicted octanol–water partition coefficient (Wildman–Crippen LogP) is 5.42. The summed E-state index contributed by atoms with van der Waals surface area (Å²) in [6.07, 6.45) is 0. The van der Waals surface area contributed by atoms with Gasteiger partial charge in [-0.05, 0) is 24.1 Å². The summed E-state index contributed by atoms with van der Waals surface area (Å²) in [5.41, 5.74) is -1.75. The molecular weight excluding hydrogens is 421 g/mol. The van der Waals surface area contributed by atoms with Gasteiger partial charge in [0.25, 0.3) is 0 Å². The van der Waals surface area contributed by atoms with Gasteiger partial charge in [0.2, 0.25) is 0 Å². The molecule has 24 heavy (non-hydrogen) atoms. The molecule has 0 fully saturated rings. The Morgan fingerprint density at radius 1 is 1.12 bits per heavy atom. The van der Waals surface area contributed by atoms with Crippen LogP contribution < -0.4 is 0 Å². The summed E-state index contributed by atoms with van der Waals surface area (Å²) in [6, 6.07) is 12.1. The summed E-state index contributed by atoms with van der Waals surface area (Å²) in [5, 5.41) is 0. The molecule has 0 amide bonds. The third kappa shape index (κ3) is 4.67. The highest BCUT2D eigenvalue weighted by Gasteiger charge is 2.51. The van der Waals surface area contributed by atoms with E-state index in [1.54, 1.807) is 11.8 Å². The minimum absolute atomic E-state index is 0.00974. The summed E-state index contributed by atoms with van der Waals surface area (Å²) < 4.78 is 38.5. The normalized spacial score (nSPS) is 12.4. The smallest absolute Gasteiger partial charge is 0.320 e.